The number of aryl methyl sites for hydroxylation is 2. The Bertz CT molecular complexity index is 893. The first-order valence-electron chi connectivity index (χ1n) is 8.87. The van der Waals surface area contributed by atoms with Gasteiger partial charge in [0.25, 0.3) is 5.91 Å². The fourth-order valence-electron chi connectivity index (χ4n) is 2.72. The van der Waals surface area contributed by atoms with E-state index in [1.807, 2.05) is 17.7 Å². The SMILES string of the molecule is CCc1ccc(-c2nc(C)c(C(=O)Nc3ccnn3CC(C)C)s2)cc1. The van der Waals surface area contributed by atoms with Crippen LogP contribution in [0.5, 0.6) is 0 Å². The van der Waals surface area contributed by atoms with Gasteiger partial charge in [0.2, 0.25) is 0 Å². The number of hydrogen-bond donors (Lipinski definition) is 1. The van der Waals surface area contributed by atoms with E-state index in [9.17, 15) is 4.79 Å². The molecule has 0 saturated heterocycles. The van der Waals surface area contributed by atoms with Gasteiger partial charge >= 0.3 is 0 Å². The van der Waals surface area contributed by atoms with E-state index in [2.05, 4.69) is 60.4 Å². The van der Waals surface area contributed by atoms with Crippen LogP contribution in [0.3, 0.4) is 0 Å². The number of rotatable bonds is 6. The van der Waals surface area contributed by atoms with Crippen LogP contribution in [0.2, 0.25) is 0 Å². The van der Waals surface area contributed by atoms with Gasteiger partial charge in [0, 0.05) is 18.2 Å². The number of anilines is 1. The monoisotopic (exact) mass is 368 g/mol. The molecule has 5 nitrogen and oxygen atoms in total. The molecule has 1 aromatic carbocycles. The van der Waals surface area contributed by atoms with Gasteiger partial charge in [-0.1, -0.05) is 45.0 Å². The summed E-state index contributed by atoms with van der Waals surface area (Å²) in [5.74, 6) is 1.03. The molecule has 0 spiro atoms. The second kappa shape index (κ2) is 7.83. The number of hydrogen-bond acceptors (Lipinski definition) is 4. The Labute approximate surface area is 158 Å². The molecule has 0 bridgehead atoms. The van der Waals surface area contributed by atoms with Crippen molar-refractivity contribution in [1.82, 2.24) is 14.8 Å². The average molecular weight is 369 g/mol. The Hall–Kier alpha value is -2.47. The molecule has 3 rings (SSSR count). The van der Waals surface area contributed by atoms with E-state index >= 15 is 0 Å². The summed E-state index contributed by atoms with van der Waals surface area (Å²) in [7, 11) is 0. The van der Waals surface area contributed by atoms with Crippen molar-refractivity contribution in [2.24, 2.45) is 5.92 Å². The number of thiazole rings is 1. The lowest BCUT2D eigenvalue weighted by Crippen LogP contribution is -2.17. The Kier molecular flexibility index (Phi) is 5.52. The largest absolute Gasteiger partial charge is 0.306 e. The molecule has 0 saturated carbocycles. The maximum atomic E-state index is 12.7. The Morgan fingerprint density at radius 2 is 1.96 bits per heavy atom. The number of carbonyl (C=O) groups excluding carboxylic acids is 1. The summed E-state index contributed by atoms with van der Waals surface area (Å²) < 4.78 is 1.82. The lowest BCUT2D eigenvalue weighted by Gasteiger charge is -2.10. The highest BCUT2D eigenvalue weighted by molar-refractivity contribution is 7.17. The van der Waals surface area contributed by atoms with Crippen molar-refractivity contribution >= 4 is 23.1 Å². The molecular weight excluding hydrogens is 344 g/mol. The van der Waals surface area contributed by atoms with Gasteiger partial charge in [0.1, 0.15) is 15.7 Å². The van der Waals surface area contributed by atoms with Crippen LogP contribution >= 0.6 is 11.3 Å². The normalized spacial score (nSPS) is 11.1. The lowest BCUT2D eigenvalue weighted by molar-refractivity contribution is 0.102. The minimum Gasteiger partial charge on any atom is -0.306 e. The predicted octanol–water partition coefficient (Wildman–Crippen LogP) is 4.79. The number of nitrogens with one attached hydrogen (secondary N) is 1. The quantitative estimate of drug-likeness (QED) is 0.681. The molecule has 0 radical (unpaired) electrons. The lowest BCUT2D eigenvalue weighted by atomic mass is 10.1. The zero-order chi connectivity index (χ0) is 18.7. The van der Waals surface area contributed by atoms with Crippen LogP contribution in [0.4, 0.5) is 5.82 Å². The molecule has 26 heavy (non-hydrogen) atoms. The number of amides is 1. The van der Waals surface area contributed by atoms with E-state index in [0.717, 1.165) is 29.2 Å². The van der Waals surface area contributed by atoms with Gasteiger partial charge in [-0.2, -0.15) is 5.10 Å². The third-order valence-electron chi connectivity index (χ3n) is 4.11. The highest BCUT2D eigenvalue weighted by Crippen LogP contribution is 2.29. The summed E-state index contributed by atoms with van der Waals surface area (Å²) in [5, 5.41) is 8.12. The van der Waals surface area contributed by atoms with Crippen LogP contribution in [0, 0.1) is 12.8 Å². The smallest absolute Gasteiger partial charge is 0.268 e. The van der Waals surface area contributed by atoms with E-state index in [0.29, 0.717) is 16.6 Å². The number of aromatic nitrogens is 3. The molecule has 0 aliphatic carbocycles. The molecular formula is C20H24N4OS. The summed E-state index contributed by atoms with van der Waals surface area (Å²) in [6.45, 7) is 9.02. The van der Waals surface area contributed by atoms with Crippen LogP contribution in [-0.4, -0.2) is 20.7 Å². The van der Waals surface area contributed by atoms with Crippen molar-refractivity contribution in [3.8, 4) is 10.6 Å². The van der Waals surface area contributed by atoms with E-state index in [-0.39, 0.29) is 5.91 Å². The molecule has 0 unspecified atom stereocenters. The third kappa shape index (κ3) is 4.02. The second-order valence-electron chi connectivity index (χ2n) is 6.73. The van der Waals surface area contributed by atoms with E-state index in [1.165, 1.54) is 16.9 Å². The zero-order valence-corrected chi connectivity index (χ0v) is 16.4. The molecule has 3 aromatic rings. The number of carbonyl (C=O) groups is 1. The molecule has 136 valence electrons. The zero-order valence-electron chi connectivity index (χ0n) is 15.6. The van der Waals surface area contributed by atoms with Crippen LogP contribution in [0.25, 0.3) is 10.6 Å². The van der Waals surface area contributed by atoms with Crippen LogP contribution in [0.1, 0.15) is 41.7 Å². The Morgan fingerprint density at radius 3 is 2.62 bits per heavy atom. The highest BCUT2D eigenvalue weighted by Gasteiger charge is 2.18. The third-order valence-corrected chi connectivity index (χ3v) is 5.31. The molecule has 1 N–H and O–H groups in total. The van der Waals surface area contributed by atoms with E-state index in [4.69, 9.17) is 0 Å². The van der Waals surface area contributed by atoms with Gasteiger partial charge in [0.15, 0.2) is 0 Å². The molecule has 0 aliphatic heterocycles. The first kappa shape index (κ1) is 18.3. The first-order chi connectivity index (χ1) is 12.5. The van der Waals surface area contributed by atoms with Gasteiger partial charge < -0.3 is 5.32 Å². The van der Waals surface area contributed by atoms with Crippen molar-refractivity contribution in [2.45, 2.75) is 40.7 Å². The van der Waals surface area contributed by atoms with Crippen LogP contribution in [-0.2, 0) is 13.0 Å². The Balaban J connectivity index is 1.80. The predicted molar refractivity (Wildman–Crippen MR) is 107 cm³/mol. The summed E-state index contributed by atoms with van der Waals surface area (Å²) >= 11 is 1.42. The molecule has 0 aliphatic rings. The average Bonchev–Trinajstić information content (AvgIpc) is 3.21. The topological polar surface area (TPSA) is 59.8 Å². The van der Waals surface area contributed by atoms with Gasteiger partial charge in [-0.15, -0.1) is 11.3 Å². The fraction of sp³-hybridized carbons (Fsp3) is 0.350. The van der Waals surface area contributed by atoms with Crippen LogP contribution in [0.15, 0.2) is 36.5 Å². The minimum atomic E-state index is -0.137. The molecule has 2 heterocycles. The summed E-state index contributed by atoms with van der Waals surface area (Å²) in [6.07, 6.45) is 2.72. The summed E-state index contributed by atoms with van der Waals surface area (Å²) in [5.41, 5.74) is 3.08. The number of nitrogens with zero attached hydrogens (tertiary/aromatic N) is 3. The van der Waals surface area contributed by atoms with Crippen molar-refractivity contribution < 1.29 is 4.79 Å². The van der Waals surface area contributed by atoms with E-state index in [1.54, 1.807) is 6.20 Å². The molecule has 0 atom stereocenters. The second-order valence-corrected chi connectivity index (χ2v) is 7.73. The summed E-state index contributed by atoms with van der Waals surface area (Å²) in [4.78, 5) is 18.0. The van der Waals surface area contributed by atoms with Gasteiger partial charge in [-0.3, -0.25) is 4.79 Å². The highest BCUT2D eigenvalue weighted by atomic mass is 32.1. The van der Waals surface area contributed by atoms with Crippen molar-refractivity contribution in [1.29, 1.82) is 0 Å². The maximum Gasteiger partial charge on any atom is 0.268 e. The van der Waals surface area contributed by atoms with Gasteiger partial charge in [-0.05, 0) is 24.8 Å². The van der Waals surface area contributed by atoms with Crippen molar-refractivity contribution in [3.63, 3.8) is 0 Å². The maximum absolute atomic E-state index is 12.7. The molecule has 1 amide bonds. The molecule has 6 heteroatoms. The van der Waals surface area contributed by atoms with Gasteiger partial charge in [-0.25, -0.2) is 9.67 Å². The summed E-state index contributed by atoms with van der Waals surface area (Å²) in [6, 6.07) is 10.2. The van der Waals surface area contributed by atoms with Crippen molar-refractivity contribution in [2.75, 3.05) is 5.32 Å². The minimum absolute atomic E-state index is 0.137. The Morgan fingerprint density at radius 1 is 1.23 bits per heavy atom. The standard InChI is InChI=1S/C20H24N4OS/c1-5-15-6-8-16(9-7-15)20-22-14(4)18(26-20)19(25)23-17-10-11-21-24(17)12-13(2)3/h6-11,13H,5,12H2,1-4H3,(H,23,25). The fourth-order valence-corrected chi connectivity index (χ4v) is 3.68. The number of benzene rings is 1. The van der Waals surface area contributed by atoms with E-state index < -0.39 is 0 Å². The first-order valence-corrected chi connectivity index (χ1v) is 9.69. The van der Waals surface area contributed by atoms with Gasteiger partial charge in [0.05, 0.1) is 11.9 Å². The molecule has 0 fully saturated rings. The van der Waals surface area contributed by atoms with Crippen molar-refractivity contribution in [3.05, 3.63) is 52.7 Å². The molecule has 2 aromatic heterocycles. The van der Waals surface area contributed by atoms with Crippen LogP contribution < -0.4 is 5.32 Å².